The standard InChI is InChI=1S/C10H9ClN4O2/c1-5-3-7(11)14-10(13-5)15-9(16)8-6(2)12-4-17-8/h3-4H,1-2H3,(H,13,14,15,16). The van der Waals surface area contributed by atoms with Crippen molar-refractivity contribution in [3.05, 3.63) is 34.8 Å². The highest BCUT2D eigenvalue weighted by atomic mass is 35.5. The van der Waals surface area contributed by atoms with Gasteiger partial charge in [-0.25, -0.2) is 15.0 Å². The summed E-state index contributed by atoms with van der Waals surface area (Å²) >= 11 is 5.75. The van der Waals surface area contributed by atoms with E-state index in [0.29, 0.717) is 11.4 Å². The van der Waals surface area contributed by atoms with Gasteiger partial charge in [-0.3, -0.25) is 10.1 Å². The van der Waals surface area contributed by atoms with Crippen molar-refractivity contribution in [3.8, 4) is 0 Å². The molecule has 2 aromatic rings. The number of oxazole rings is 1. The number of nitrogens with one attached hydrogen (secondary N) is 1. The summed E-state index contributed by atoms with van der Waals surface area (Å²) < 4.78 is 4.95. The second-order valence-electron chi connectivity index (χ2n) is 3.38. The molecule has 7 heteroatoms. The summed E-state index contributed by atoms with van der Waals surface area (Å²) in [4.78, 5) is 23.5. The maximum Gasteiger partial charge on any atom is 0.295 e. The van der Waals surface area contributed by atoms with Crippen LogP contribution in [0.15, 0.2) is 16.9 Å². The van der Waals surface area contributed by atoms with Gasteiger partial charge in [-0.2, -0.15) is 0 Å². The number of amides is 1. The SMILES string of the molecule is Cc1cc(Cl)nc(NC(=O)c2ocnc2C)n1. The third-order valence-electron chi connectivity index (χ3n) is 2.00. The van der Waals surface area contributed by atoms with E-state index in [4.69, 9.17) is 16.0 Å². The molecular weight excluding hydrogens is 244 g/mol. The van der Waals surface area contributed by atoms with Gasteiger partial charge in [0, 0.05) is 5.69 Å². The molecule has 0 bridgehead atoms. The average molecular weight is 253 g/mol. The van der Waals surface area contributed by atoms with Crippen LogP contribution < -0.4 is 5.32 Å². The topological polar surface area (TPSA) is 80.9 Å². The zero-order valence-electron chi connectivity index (χ0n) is 9.19. The minimum absolute atomic E-state index is 0.131. The number of carbonyl (C=O) groups excluding carboxylic acids is 1. The Hall–Kier alpha value is -1.95. The van der Waals surface area contributed by atoms with E-state index in [1.807, 2.05) is 0 Å². The van der Waals surface area contributed by atoms with Gasteiger partial charge in [-0.05, 0) is 19.9 Å². The van der Waals surface area contributed by atoms with E-state index in [0.717, 1.165) is 0 Å². The molecule has 2 heterocycles. The highest BCUT2D eigenvalue weighted by Gasteiger charge is 2.15. The van der Waals surface area contributed by atoms with Crippen molar-refractivity contribution >= 4 is 23.5 Å². The van der Waals surface area contributed by atoms with E-state index < -0.39 is 5.91 Å². The van der Waals surface area contributed by atoms with E-state index >= 15 is 0 Å². The molecule has 17 heavy (non-hydrogen) atoms. The highest BCUT2D eigenvalue weighted by Crippen LogP contribution is 2.12. The first-order valence-electron chi connectivity index (χ1n) is 4.79. The lowest BCUT2D eigenvalue weighted by molar-refractivity contribution is 0.0995. The first kappa shape index (κ1) is 11.5. The first-order chi connectivity index (χ1) is 8.06. The largest absolute Gasteiger partial charge is 0.438 e. The van der Waals surface area contributed by atoms with Crippen molar-refractivity contribution in [1.82, 2.24) is 15.0 Å². The van der Waals surface area contributed by atoms with Crippen LogP contribution in [0.25, 0.3) is 0 Å². The lowest BCUT2D eigenvalue weighted by Crippen LogP contribution is -2.15. The number of carbonyl (C=O) groups is 1. The molecule has 0 aliphatic heterocycles. The summed E-state index contributed by atoms with van der Waals surface area (Å²) in [5, 5.41) is 2.75. The number of rotatable bonds is 2. The van der Waals surface area contributed by atoms with Crippen LogP contribution in [0.3, 0.4) is 0 Å². The smallest absolute Gasteiger partial charge is 0.295 e. The lowest BCUT2D eigenvalue weighted by Gasteiger charge is -2.03. The zero-order valence-corrected chi connectivity index (χ0v) is 9.95. The Labute approximate surface area is 102 Å². The van der Waals surface area contributed by atoms with E-state index in [1.54, 1.807) is 19.9 Å². The molecule has 0 aromatic carbocycles. The quantitative estimate of drug-likeness (QED) is 0.827. The van der Waals surface area contributed by atoms with E-state index in [9.17, 15) is 4.79 Å². The highest BCUT2D eigenvalue weighted by molar-refractivity contribution is 6.29. The molecule has 0 spiro atoms. The van der Waals surface area contributed by atoms with Crippen molar-refractivity contribution in [2.45, 2.75) is 13.8 Å². The molecule has 0 aliphatic rings. The second-order valence-corrected chi connectivity index (χ2v) is 3.76. The van der Waals surface area contributed by atoms with Crippen molar-refractivity contribution in [2.24, 2.45) is 0 Å². The first-order valence-corrected chi connectivity index (χ1v) is 5.16. The zero-order chi connectivity index (χ0) is 12.4. The Bertz CT molecular complexity index is 547. The number of nitrogens with zero attached hydrogens (tertiary/aromatic N) is 3. The molecule has 6 nitrogen and oxygen atoms in total. The Kier molecular flexibility index (Phi) is 3.06. The molecule has 0 unspecified atom stereocenters. The number of halogens is 1. The van der Waals surface area contributed by atoms with Crippen molar-refractivity contribution in [3.63, 3.8) is 0 Å². The third kappa shape index (κ3) is 2.59. The monoisotopic (exact) mass is 252 g/mol. The average Bonchev–Trinajstić information content (AvgIpc) is 2.62. The molecule has 0 fully saturated rings. The number of anilines is 1. The van der Waals surface area contributed by atoms with Crippen molar-refractivity contribution in [2.75, 3.05) is 5.32 Å². The lowest BCUT2D eigenvalue weighted by atomic mass is 10.3. The molecule has 0 radical (unpaired) electrons. The number of hydrogen-bond acceptors (Lipinski definition) is 5. The van der Waals surface area contributed by atoms with Gasteiger partial charge in [0.05, 0.1) is 5.69 Å². The third-order valence-corrected chi connectivity index (χ3v) is 2.19. The summed E-state index contributed by atoms with van der Waals surface area (Å²) in [5.41, 5.74) is 1.16. The molecular formula is C10H9ClN4O2. The van der Waals surface area contributed by atoms with E-state index in [2.05, 4.69) is 20.3 Å². The number of aromatic nitrogens is 3. The van der Waals surface area contributed by atoms with Crippen LogP contribution in [-0.4, -0.2) is 20.9 Å². The van der Waals surface area contributed by atoms with E-state index in [1.165, 1.54) is 6.39 Å². The van der Waals surface area contributed by atoms with Gasteiger partial charge >= 0.3 is 0 Å². The predicted octanol–water partition coefficient (Wildman–Crippen LogP) is 1.99. The van der Waals surface area contributed by atoms with Gasteiger partial charge in [0.15, 0.2) is 6.39 Å². The minimum Gasteiger partial charge on any atom is -0.438 e. The fourth-order valence-corrected chi connectivity index (χ4v) is 1.50. The number of hydrogen-bond donors (Lipinski definition) is 1. The molecule has 0 aliphatic carbocycles. The molecule has 88 valence electrons. The van der Waals surface area contributed by atoms with Gasteiger partial charge in [0.25, 0.3) is 5.91 Å². The maximum atomic E-state index is 11.8. The Balaban J connectivity index is 2.21. The summed E-state index contributed by atoms with van der Waals surface area (Å²) in [6.45, 7) is 3.42. The Morgan fingerprint density at radius 2 is 2.18 bits per heavy atom. The molecule has 0 saturated carbocycles. The van der Waals surface area contributed by atoms with Crippen molar-refractivity contribution in [1.29, 1.82) is 0 Å². The molecule has 2 aromatic heterocycles. The van der Waals surface area contributed by atoms with Crippen LogP contribution in [0.2, 0.25) is 5.15 Å². The Morgan fingerprint density at radius 1 is 1.41 bits per heavy atom. The van der Waals surface area contributed by atoms with E-state index in [-0.39, 0.29) is 16.9 Å². The minimum atomic E-state index is -0.457. The second kappa shape index (κ2) is 4.50. The molecule has 0 atom stereocenters. The summed E-state index contributed by atoms with van der Waals surface area (Å²) in [6, 6.07) is 1.59. The normalized spacial score (nSPS) is 10.3. The predicted molar refractivity (Wildman–Crippen MR) is 61.0 cm³/mol. The van der Waals surface area contributed by atoms with Crippen molar-refractivity contribution < 1.29 is 9.21 Å². The van der Waals surface area contributed by atoms with Crippen LogP contribution >= 0.6 is 11.6 Å². The molecule has 1 amide bonds. The number of aryl methyl sites for hydroxylation is 2. The van der Waals surface area contributed by atoms with Gasteiger partial charge in [-0.15, -0.1) is 0 Å². The molecule has 0 saturated heterocycles. The van der Waals surface area contributed by atoms with Gasteiger partial charge in [0.1, 0.15) is 5.15 Å². The maximum absolute atomic E-state index is 11.8. The van der Waals surface area contributed by atoms with Crippen LogP contribution in [0.4, 0.5) is 5.95 Å². The van der Waals surface area contributed by atoms with Crippen LogP contribution in [0.5, 0.6) is 0 Å². The van der Waals surface area contributed by atoms with Crippen LogP contribution in [0, 0.1) is 13.8 Å². The summed E-state index contributed by atoms with van der Waals surface area (Å²) in [6.07, 6.45) is 1.20. The molecule has 1 N–H and O–H groups in total. The van der Waals surface area contributed by atoms with Gasteiger partial charge in [-0.1, -0.05) is 11.6 Å². The van der Waals surface area contributed by atoms with Crippen LogP contribution in [0.1, 0.15) is 21.9 Å². The summed E-state index contributed by atoms with van der Waals surface area (Å²) in [7, 11) is 0. The fourth-order valence-electron chi connectivity index (χ4n) is 1.26. The molecule has 2 rings (SSSR count). The summed E-state index contributed by atoms with van der Waals surface area (Å²) in [5.74, 6) is -0.191. The Morgan fingerprint density at radius 3 is 2.76 bits per heavy atom. The van der Waals surface area contributed by atoms with Crippen LogP contribution in [-0.2, 0) is 0 Å². The van der Waals surface area contributed by atoms with Gasteiger partial charge < -0.3 is 4.42 Å². The fraction of sp³-hybridized carbons (Fsp3) is 0.200. The van der Waals surface area contributed by atoms with Gasteiger partial charge in [0.2, 0.25) is 11.7 Å².